The molecule has 0 aliphatic carbocycles. The first-order valence-corrected chi connectivity index (χ1v) is 4.22. The lowest BCUT2D eigenvalue weighted by atomic mass is 10.0. The van der Waals surface area contributed by atoms with Gasteiger partial charge in [-0.1, -0.05) is 30.3 Å². The van der Waals surface area contributed by atoms with Crippen LogP contribution in [0.2, 0.25) is 0 Å². The van der Waals surface area contributed by atoms with Crippen LogP contribution in [0.3, 0.4) is 0 Å². The summed E-state index contributed by atoms with van der Waals surface area (Å²) in [5, 5.41) is 8.45. The van der Waals surface area contributed by atoms with Crippen molar-refractivity contribution in [2.75, 3.05) is 0 Å². The summed E-state index contributed by atoms with van der Waals surface area (Å²) in [7, 11) is 0. The first-order chi connectivity index (χ1) is 6.20. The van der Waals surface area contributed by atoms with Gasteiger partial charge in [-0.2, -0.15) is 0 Å². The highest BCUT2D eigenvalue weighted by atomic mass is 16.4. The van der Waals surface area contributed by atoms with E-state index in [9.17, 15) is 4.79 Å². The Kier molecular flexibility index (Phi) is 3.46. The summed E-state index contributed by atoms with van der Waals surface area (Å²) < 4.78 is 0. The summed E-state index contributed by atoms with van der Waals surface area (Å²) >= 11 is 0. The van der Waals surface area contributed by atoms with Crippen LogP contribution in [-0.4, -0.2) is 11.1 Å². The third-order valence-corrected chi connectivity index (χ3v) is 1.90. The fraction of sp³-hybridized carbons (Fsp3) is 0.300. The van der Waals surface area contributed by atoms with Crippen LogP contribution in [0, 0.1) is 0 Å². The van der Waals surface area contributed by atoms with E-state index in [1.165, 1.54) is 0 Å². The zero-order chi connectivity index (χ0) is 9.68. The molecule has 0 aromatic heterocycles. The SMILES string of the molecule is N[C@@H](CCC(=O)O)c1ccccc1. The molecular formula is C10H13NO2. The van der Waals surface area contributed by atoms with Crippen LogP contribution < -0.4 is 5.73 Å². The number of aliphatic carboxylic acids is 1. The minimum atomic E-state index is -0.800. The predicted molar refractivity (Wildman–Crippen MR) is 50.2 cm³/mol. The monoisotopic (exact) mass is 179 g/mol. The maximum Gasteiger partial charge on any atom is 0.303 e. The van der Waals surface area contributed by atoms with Gasteiger partial charge < -0.3 is 10.8 Å². The largest absolute Gasteiger partial charge is 0.481 e. The summed E-state index contributed by atoms with van der Waals surface area (Å²) in [4.78, 5) is 10.3. The van der Waals surface area contributed by atoms with Crippen molar-refractivity contribution in [3.63, 3.8) is 0 Å². The van der Waals surface area contributed by atoms with Crippen molar-refractivity contribution in [3.05, 3.63) is 35.9 Å². The highest BCUT2D eigenvalue weighted by Gasteiger charge is 2.06. The summed E-state index contributed by atoms with van der Waals surface area (Å²) in [6, 6.07) is 9.36. The number of carboxylic acids is 1. The van der Waals surface area contributed by atoms with E-state index in [2.05, 4.69) is 0 Å². The summed E-state index contributed by atoms with van der Waals surface area (Å²) in [5.41, 5.74) is 6.77. The third kappa shape index (κ3) is 3.25. The molecule has 1 aromatic rings. The molecule has 0 heterocycles. The van der Waals surface area contributed by atoms with E-state index in [1.54, 1.807) is 0 Å². The molecule has 0 saturated carbocycles. The van der Waals surface area contributed by atoms with Crippen molar-refractivity contribution in [2.45, 2.75) is 18.9 Å². The number of hydrogen-bond donors (Lipinski definition) is 2. The molecule has 0 bridgehead atoms. The average Bonchev–Trinajstić information content (AvgIpc) is 2.15. The van der Waals surface area contributed by atoms with Crippen molar-refractivity contribution in [2.24, 2.45) is 5.73 Å². The second-order valence-corrected chi connectivity index (χ2v) is 2.95. The van der Waals surface area contributed by atoms with Gasteiger partial charge in [-0.05, 0) is 12.0 Å². The van der Waals surface area contributed by atoms with Gasteiger partial charge in [0.15, 0.2) is 0 Å². The highest BCUT2D eigenvalue weighted by molar-refractivity contribution is 5.66. The summed E-state index contributed by atoms with van der Waals surface area (Å²) in [5.74, 6) is -0.800. The Hall–Kier alpha value is -1.35. The fourth-order valence-electron chi connectivity index (χ4n) is 1.15. The molecule has 3 N–H and O–H groups in total. The van der Waals surface area contributed by atoms with E-state index < -0.39 is 5.97 Å². The molecule has 0 amide bonds. The first-order valence-electron chi connectivity index (χ1n) is 4.22. The van der Waals surface area contributed by atoms with E-state index in [0.29, 0.717) is 6.42 Å². The normalized spacial score (nSPS) is 12.4. The Balaban J connectivity index is 2.49. The lowest BCUT2D eigenvalue weighted by Crippen LogP contribution is -2.11. The molecule has 0 aliphatic heterocycles. The number of hydrogen-bond acceptors (Lipinski definition) is 2. The van der Waals surface area contributed by atoms with E-state index in [1.807, 2.05) is 30.3 Å². The van der Waals surface area contributed by atoms with Crippen LogP contribution in [0.1, 0.15) is 24.4 Å². The molecule has 0 unspecified atom stereocenters. The molecule has 0 spiro atoms. The molecule has 0 saturated heterocycles. The zero-order valence-corrected chi connectivity index (χ0v) is 7.31. The topological polar surface area (TPSA) is 63.3 Å². The van der Waals surface area contributed by atoms with Crippen LogP contribution in [0.15, 0.2) is 30.3 Å². The van der Waals surface area contributed by atoms with E-state index in [-0.39, 0.29) is 12.5 Å². The van der Waals surface area contributed by atoms with Gasteiger partial charge in [0.1, 0.15) is 0 Å². The minimum Gasteiger partial charge on any atom is -0.481 e. The zero-order valence-electron chi connectivity index (χ0n) is 7.31. The fourth-order valence-corrected chi connectivity index (χ4v) is 1.15. The van der Waals surface area contributed by atoms with Gasteiger partial charge in [0.2, 0.25) is 0 Å². The van der Waals surface area contributed by atoms with E-state index >= 15 is 0 Å². The Morgan fingerprint density at radius 3 is 2.54 bits per heavy atom. The summed E-state index contributed by atoms with van der Waals surface area (Å²) in [6.45, 7) is 0. The van der Waals surface area contributed by atoms with E-state index in [0.717, 1.165) is 5.56 Å². The van der Waals surface area contributed by atoms with Crippen molar-refractivity contribution in [1.82, 2.24) is 0 Å². The number of benzene rings is 1. The molecular weight excluding hydrogens is 166 g/mol. The molecule has 1 aromatic carbocycles. The van der Waals surface area contributed by atoms with E-state index in [4.69, 9.17) is 10.8 Å². The third-order valence-electron chi connectivity index (χ3n) is 1.90. The van der Waals surface area contributed by atoms with Crippen molar-refractivity contribution in [3.8, 4) is 0 Å². The van der Waals surface area contributed by atoms with Gasteiger partial charge in [0, 0.05) is 12.5 Å². The van der Waals surface area contributed by atoms with Gasteiger partial charge >= 0.3 is 5.97 Å². The molecule has 0 fully saturated rings. The van der Waals surface area contributed by atoms with Gasteiger partial charge in [-0.15, -0.1) is 0 Å². The van der Waals surface area contributed by atoms with Crippen molar-refractivity contribution >= 4 is 5.97 Å². The summed E-state index contributed by atoms with van der Waals surface area (Å²) in [6.07, 6.45) is 0.607. The van der Waals surface area contributed by atoms with Gasteiger partial charge in [-0.25, -0.2) is 0 Å². The molecule has 0 radical (unpaired) electrons. The number of carbonyl (C=O) groups is 1. The number of rotatable bonds is 4. The molecule has 0 aliphatic rings. The maximum atomic E-state index is 10.3. The van der Waals surface area contributed by atoms with Gasteiger partial charge in [-0.3, -0.25) is 4.79 Å². The highest BCUT2D eigenvalue weighted by Crippen LogP contribution is 2.14. The first kappa shape index (κ1) is 9.74. The average molecular weight is 179 g/mol. The molecule has 1 atom stereocenters. The van der Waals surface area contributed by atoms with Crippen LogP contribution in [-0.2, 0) is 4.79 Å². The number of carboxylic acid groups (broad SMARTS) is 1. The Labute approximate surface area is 77.2 Å². The Morgan fingerprint density at radius 1 is 1.38 bits per heavy atom. The van der Waals surface area contributed by atoms with Crippen molar-refractivity contribution < 1.29 is 9.90 Å². The van der Waals surface area contributed by atoms with Crippen LogP contribution in [0.4, 0.5) is 0 Å². The van der Waals surface area contributed by atoms with Crippen LogP contribution >= 0.6 is 0 Å². The Bertz CT molecular complexity index is 272. The lowest BCUT2D eigenvalue weighted by molar-refractivity contribution is -0.137. The molecule has 1 rings (SSSR count). The lowest BCUT2D eigenvalue weighted by Gasteiger charge is -2.09. The second-order valence-electron chi connectivity index (χ2n) is 2.95. The van der Waals surface area contributed by atoms with Gasteiger partial charge in [0.25, 0.3) is 0 Å². The van der Waals surface area contributed by atoms with Gasteiger partial charge in [0.05, 0.1) is 0 Å². The Morgan fingerprint density at radius 2 is 2.00 bits per heavy atom. The minimum absolute atomic E-state index is 0.121. The smallest absolute Gasteiger partial charge is 0.303 e. The molecule has 13 heavy (non-hydrogen) atoms. The quantitative estimate of drug-likeness (QED) is 0.737. The molecule has 70 valence electrons. The second kappa shape index (κ2) is 4.62. The maximum absolute atomic E-state index is 10.3. The predicted octanol–water partition coefficient (Wildman–Crippen LogP) is 1.55. The molecule has 3 nitrogen and oxygen atoms in total. The number of nitrogens with two attached hydrogens (primary N) is 1. The van der Waals surface area contributed by atoms with Crippen LogP contribution in [0.25, 0.3) is 0 Å². The standard InChI is InChI=1S/C10H13NO2/c11-9(6-7-10(12)13)8-4-2-1-3-5-8/h1-5,9H,6-7,11H2,(H,12,13)/t9-/m0/s1. The van der Waals surface area contributed by atoms with Crippen LogP contribution in [0.5, 0.6) is 0 Å². The molecule has 3 heteroatoms. The van der Waals surface area contributed by atoms with Crippen molar-refractivity contribution in [1.29, 1.82) is 0 Å².